The van der Waals surface area contributed by atoms with Crippen LogP contribution in [0.5, 0.6) is 11.6 Å². The van der Waals surface area contributed by atoms with Gasteiger partial charge in [-0.15, -0.1) is 0 Å². The minimum Gasteiger partial charge on any atom is -0.439 e. The smallest absolute Gasteiger partial charge is 0.261 e. The number of sulfonamides is 1. The largest absolute Gasteiger partial charge is 0.439 e. The van der Waals surface area contributed by atoms with Crippen LogP contribution in [-0.4, -0.2) is 28.2 Å². The van der Waals surface area contributed by atoms with Crippen LogP contribution < -0.4 is 9.46 Å². The second kappa shape index (κ2) is 8.37. The normalized spacial score (nSPS) is 11.3. The topological polar surface area (TPSA) is 99.0 Å². The van der Waals surface area contributed by atoms with E-state index in [1.807, 2.05) is 19.9 Å². The lowest BCUT2D eigenvalue weighted by Gasteiger charge is -2.10. The molecule has 10 heteroatoms. The Labute approximate surface area is 184 Å². The van der Waals surface area contributed by atoms with Crippen molar-refractivity contribution in [2.24, 2.45) is 0 Å². The van der Waals surface area contributed by atoms with Gasteiger partial charge in [-0.05, 0) is 62.4 Å². The average molecular weight is 456 g/mol. The zero-order valence-electron chi connectivity index (χ0n) is 16.7. The highest BCUT2D eigenvalue weighted by Crippen LogP contribution is 2.24. The third-order valence-corrected chi connectivity index (χ3v) is 5.90. The summed E-state index contributed by atoms with van der Waals surface area (Å²) in [7, 11) is -3.75. The Kier molecular flexibility index (Phi) is 5.62. The fraction of sp³-hybridized carbons (Fsp3) is 0.0952. The molecule has 0 atom stereocenters. The third-order valence-electron chi connectivity index (χ3n) is 4.29. The molecule has 158 valence electrons. The molecule has 0 aliphatic carbocycles. The molecular weight excluding hydrogens is 438 g/mol. The minimum absolute atomic E-state index is 0.0815. The van der Waals surface area contributed by atoms with Gasteiger partial charge in [0.15, 0.2) is 5.82 Å². The van der Waals surface area contributed by atoms with Gasteiger partial charge in [0.05, 0.1) is 10.6 Å². The summed E-state index contributed by atoms with van der Waals surface area (Å²) in [5.74, 6) is 1.41. The van der Waals surface area contributed by atoms with Crippen molar-refractivity contribution in [3.8, 4) is 17.4 Å². The molecule has 2 aromatic carbocycles. The Balaban J connectivity index is 1.49. The van der Waals surface area contributed by atoms with E-state index in [9.17, 15) is 8.42 Å². The molecule has 0 saturated carbocycles. The van der Waals surface area contributed by atoms with Crippen molar-refractivity contribution in [2.45, 2.75) is 18.7 Å². The predicted octanol–water partition coefficient (Wildman–Crippen LogP) is 4.53. The maximum atomic E-state index is 12.5. The Hall–Kier alpha value is -3.43. The van der Waals surface area contributed by atoms with Crippen LogP contribution in [0.2, 0.25) is 5.02 Å². The van der Waals surface area contributed by atoms with Gasteiger partial charge in [0.2, 0.25) is 5.88 Å². The summed E-state index contributed by atoms with van der Waals surface area (Å²) in [4.78, 5) is 8.45. The molecule has 0 unspecified atom stereocenters. The summed E-state index contributed by atoms with van der Waals surface area (Å²) in [6, 6.07) is 16.2. The van der Waals surface area contributed by atoms with Crippen LogP contribution in [0.1, 0.15) is 11.4 Å². The van der Waals surface area contributed by atoms with Crippen LogP contribution in [0, 0.1) is 13.8 Å². The van der Waals surface area contributed by atoms with E-state index in [1.165, 1.54) is 18.5 Å². The number of benzene rings is 2. The van der Waals surface area contributed by atoms with E-state index in [2.05, 4.69) is 19.8 Å². The van der Waals surface area contributed by atoms with Crippen molar-refractivity contribution in [2.75, 3.05) is 4.72 Å². The Morgan fingerprint density at radius 2 is 1.77 bits per heavy atom. The Bertz CT molecular complexity index is 1340. The van der Waals surface area contributed by atoms with Gasteiger partial charge < -0.3 is 4.74 Å². The molecular formula is C21H18ClN5O3S. The number of nitrogens with one attached hydrogen (secondary N) is 1. The van der Waals surface area contributed by atoms with E-state index in [4.69, 9.17) is 16.3 Å². The van der Waals surface area contributed by atoms with Crippen LogP contribution >= 0.6 is 11.6 Å². The van der Waals surface area contributed by atoms with E-state index in [0.29, 0.717) is 28.2 Å². The molecule has 0 aliphatic rings. The van der Waals surface area contributed by atoms with Crippen LogP contribution in [0.25, 0.3) is 5.82 Å². The van der Waals surface area contributed by atoms with Crippen LogP contribution in [0.15, 0.2) is 71.9 Å². The molecule has 2 aromatic heterocycles. The maximum absolute atomic E-state index is 12.5. The molecule has 0 spiro atoms. The molecule has 0 radical (unpaired) electrons. The summed E-state index contributed by atoms with van der Waals surface area (Å²) in [5.41, 5.74) is 2.21. The van der Waals surface area contributed by atoms with Crippen LogP contribution in [-0.2, 0) is 10.0 Å². The lowest BCUT2D eigenvalue weighted by molar-refractivity contribution is 0.460. The van der Waals surface area contributed by atoms with Gasteiger partial charge in [-0.3, -0.25) is 4.72 Å². The van der Waals surface area contributed by atoms with E-state index in [-0.39, 0.29) is 4.90 Å². The van der Waals surface area contributed by atoms with E-state index >= 15 is 0 Å². The molecule has 0 amide bonds. The van der Waals surface area contributed by atoms with Crippen LogP contribution in [0.4, 0.5) is 5.69 Å². The van der Waals surface area contributed by atoms with Gasteiger partial charge in [-0.2, -0.15) is 5.10 Å². The molecule has 4 rings (SSSR count). The fourth-order valence-electron chi connectivity index (χ4n) is 2.92. The summed E-state index contributed by atoms with van der Waals surface area (Å²) in [6.07, 6.45) is 1.40. The van der Waals surface area contributed by atoms with Crippen LogP contribution in [0.3, 0.4) is 0 Å². The second-order valence-electron chi connectivity index (χ2n) is 6.74. The highest BCUT2D eigenvalue weighted by atomic mass is 35.5. The van der Waals surface area contributed by atoms with E-state index < -0.39 is 10.0 Å². The van der Waals surface area contributed by atoms with Gasteiger partial charge in [0.25, 0.3) is 10.0 Å². The number of anilines is 1. The number of halogens is 1. The van der Waals surface area contributed by atoms with Gasteiger partial charge in [-0.1, -0.05) is 17.7 Å². The quantitative estimate of drug-likeness (QED) is 0.458. The lowest BCUT2D eigenvalue weighted by Crippen LogP contribution is -2.12. The van der Waals surface area contributed by atoms with Crippen molar-refractivity contribution < 1.29 is 13.2 Å². The summed E-state index contributed by atoms with van der Waals surface area (Å²) in [5, 5.41) is 4.75. The first-order valence-electron chi connectivity index (χ1n) is 9.22. The van der Waals surface area contributed by atoms with Crippen molar-refractivity contribution in [3.05, 3.63) is 83.4 Å². The zero-order chi connectivity index (χ0) is 22.0. The fourth-order valence-corrected chi connectivity index (χ4v) is 4.28. The van der Waals surface area contributed by atoms with Gasteiger partial charge >= 0.3 is 0 Å². The first-order chi connectivity index (χ1) is 14.8. The molecule has 31 heavy (non-hydrogen) atoms. The van der Waals surface area contributed by atoms with Crippen molar-refractivity contribution in [1.29, 1.82) is 0 Å². The standard InChI is InChI=1S/C21H18ClN5O3S/c1-14-10-15(2)27(25-14)20-12-21(24-13-23-20)30-18-8-6-17(7-9-18)26-31(28,29)19-5-3-4-16(22)11-19/h3-13,26H,1-2H3. The van der Waals surface area contributed by atoms with Gasteiger partial charge in [-0.25, -0.2) is 23.1 Å². The number of hydrogen-bond donors (Lipinski definition) is 1. The molecule has 0 fully saturated rings. The average Bonchev–Trinajstić information content (AvgIpc) is 3.07. The summed E-state index contributed by atoms with van der Waals surface area (Å²) in [6.45, 7) is 3.84. The molecule has 0 bridgehead atoms. The summed E-state index contributed by atoms with van der Waals surface area (Å²) >= 11 is 5.89. The zero-order valence-corrected chi connectivity index (χ0v) is 18.2. The van der Waals surface area contributed by atoms with Gasteiger partial charge in [0, 0.05) is 22.5 Å². The van der Waals surface area contributed by atoms with Gasteiger partial charge in [0.1, 0.15) is 12.1 Å². The van der Waals surface area contributed by atoms with Crippen molar-refractivity contribution >= 4 is 27.3 Å². The molecule has 0 saturated heterocycles. The highest BCUT2D eigenvalue weighted by molar-refractivity contribution is 7.92. The number of ether oxygens (including phenoxy) is 1. The first-order valence-corrected chi connectivity index (χ1v) is 11.1. The van der Waals surface area contributed by atoms with Crippen molar-refractivity contribution in [3.63, 3.8) is 0 Å². The molecule has 2 heterocycles. The number of hydrogen-bond acceptors (Lipinski definition) is 6. The Morgan fingerprint density at radius 1 is 1.00 bits per heavy atom. The number of aromatic nitrogens is 4. The Morgan fingerprint density at radius 3 is 2.45 bits per heavy atom. The summed E-state index contributed by atoms with van der Waals surface area (Å²) < 4.78 is 35.0. The molecule has 1 N–H and O–H groups in total. The maximum Gasteiger partial charge on any atom is 0.261 e. The first kappa shape index (κ1) is 20.8. The SMILES string of the molecule is Cc1cc(C)n(-c2cc(Oc3ccc(NS(=O)(=O)c4cccc(Cl)c4)cc3)ncn2)n1. The highest BCUT2D eigenvalue weighted by Gasteiger charge is 2.14. The predicted molar refractivity (Wildman–Crippen MR) is 117 cm³/mol. The minimum atomic E-state index is -3.75. The monoisotopic (exact) mass is 455 g/mol. The number of nitrogens with zero attached hydrogens (tertiary/aromatic N) is 4. The number of aryl methyl sites for hydroxylation is 2. The molecule has 4 aromatic rings. The molecule has 8 nitrogen and oxygen atoms in total. The van der Waals surface area contributed by atoms with Crippen molar-refractivity contribution in [1.82, 2.24) is 19.7 Å². The second-order valence-corrected chi connectivity index (χ2v) is 8.86. The lowest BCUT2D eigenvalue weighted by atomic mass is 10.3. The van der Waals surface area contributed by atoms with E-state index in [0.717, 1.165) is 11.4 Å². The number of rotatable bonds is 6. The molecule has 0 aliphatic heterocycles. The third kappa shape index (κ3) is 4.84. The van der Waals surface area contributed by atoms with E-state index in [1.54, 1.807) is 47.1 Å².